The van der Waals surface area contributed by atoms with Crippen molar-refractivity contribution in [1.82, 2.24) is 19.9 Å². The molecule has 8 bridgehead atoms. The first kappa shape index (κ1) is 47.9. The Kier molecular flexibility index (Phi) is 17.3. The van der Waals surface area contributed by atoms with Gasteiger partial charge < -0.3 is 30.4 Å². The molecule has 0 aromatic carbocycles. The van der Waals surface area contributed by atoms with Gasteiger partial charge in [0.15, 0.2) is 0 Å². The largest absolute Gasteiger partial charge is 2.00 e. The van der Waals surface area contributed by atoms with Crippen LogP contribution < -0.4 is 9.97 Å². The van der Waals surface area contributed by atoms with Gasteiger partial charge in [-0.1, -0.05) is 91.6 Å². The summed E-state index contributed by atoms with van der Waals surface area (Å²) in [6.45, 7) is 18.4. The Labute approximate surface area is 364 Å². The number of aliphatic hydroxyl groups excluding tert-OH is 2. The first-order chi connectivity index (χ1) is 28.1. The van der Waals surface area contributed by atoms with E-state index in [1.165, 1.54) is 24.0 Å². The summed E-state index contributed by atoms with van der Waals surface area (Å²) in [5, 5.41) is 41.8. The number of carboxylic acids is 2. The van der Waals surface area contributed by atoms with Crippen molar-refractivity contribution in [3.63, 3.8) is 0 Å². The number of carbonyl (C=O) groups is 2. The minimum absolute atomic E-state index is 0. The van der Waals surface area contributed by atoms with Gasteiger partial charge in [0, 0.05) is 18.4 Å². The molecule has 2 aliphatic heterocycles. The summed E-state index contributed by atoms with van der Waals surface area (Å²) in [6, 6.07) is 7.30. The van der Waals surface area contributed by atoms with Crippen LogP contribution in [0.25, 0.3) is 50.4 Å². The van der Waals surface area contributed by atoms with Crippen molar-refractivity contribution in [2.24, 2.45) is 5.92 Å². The number of hydrogen-bond acceptors (Lipinski definition) is 6. The molecule has 0 spiro atoms. The smallest absolute Gasteiger partial charge is 0.657 e. The molecule has 0 aliphatic carbocycles. The van der Waals surface area contributed by atoms with Gasteiger partial charge in [-0.15, -0.1) is 22.1 Å². The molecule has 11 heteroatoms. The van der Waals surface area contributed by atoms with Gasteiger partial charge in [-0.05, 0) is 120 Å². The minimum atomic E-state index is -0.988. The quantitative estimate of drug-likeness (QED) is 0.0672. The summed E-state index contributed by atoms with van der Waals surface area (Å²) >= 11 is 0. The molecule has 0 saturated heterocycles. The number of aliphatic hydroxyl groups is 2. The molecule has 0 radical (unpaired) electrons. The normalized spacial score (nSPS) is 13.9. The third-order valence-electron chi connectivity index (χ3n) is 11.5. The van der Waals surface area contributed by atoms with Crippen molar-refractivity contribution < 1.29 is 47.1 Å². The van der Waals surface area contributed by atoms with E-state index in [-0.39, 0.29) is 42.8 Å². The predicted octanol–water partition coefficient (Wildman–Crippen LogP) is 10.4. The SMILES string of the molecule is C=Cc1c(C)c2cc3nc(cc4[n-]c(cc5nc(cc1[n-]2)C(C)=C5CCC(=O)O)c(CCC(=O)O)c4CO)C(C)=C3[C@@H](O)CC/C=C(\C)CC/C=C(\C)CCCC(C)C.[Fe+2]. The van der Waals surface area contributed by atoms with Gasteiger partial charge in [0.25, 0.3) is 0 Å². The van der Waals surface area contributed by atoms with E-state index in [0.717, 1.165) is 53.0 Å². The van der Waals surface area contributed by atoms with E-state index in [0.29, 0.717) is 74.4 Å². The molecule has 60 heavy (non-hydrogen) atoms. The van der Waals surface area contributed by atoms with Crippen molar-refractivity contribution in [3.05, 3.63) is 99.2 Å². The van der Waals surface area contributed by atoms with Crippen LogP contribution in [-0.4, -0.2) is 48.4 Å². The maximum absolute atomic E-state index is 11.9. The molecule has 1 atom stereocenters. The number of nitrogens with zero attached hydrogens (tertiary/aromatic N) is 4. The third-order valence-corrected chi connectivity index (χ3v) is 11.5. The fourth-order valence-electron chi connectivity index (χ4n) is 8.01. The molecule has 5 heterocycles. The molecule has 3 aromatic heterocycles. The summed E-state index contributed by atoms with van der Waals surface area (Å²) < 4.78 is 0. The van der Waals surface area contributed by atoms with Crippen molar-refractivity contribution in [3.8, 4) is 0 Å². The van der Waals surface area contributed by atoms with E-state index < -0.39 is 24.6 Å². The standard InChI is InChI=1S/C49H62N4O6.Fe/c1-9-34-31(6)39-25-45-49(46(55)18-12-17-30(5)16-11-15-29(4)14-10-13-28(2)3)33(8)40(52-45)24-44-37(27-54)36(20-22-48(58)59)43(53-44)26-42-35(19-21-47(56)57)32(7)38(51-42)23-41(34)50-39;/h9,15,17,23-26,28,46,54-55H,1,10-14,16,18-22,27H2,2-8H3,(H4,50,51,52,53,56,57,58,59);/q;+2/p-2/b29-15+,30-17+,38-23?,39-25?,40-24?,41-23?,42-26?,43-26?,44-24?,45-25?;/t46-;/m0./s1. The van der Waals surface area contributed by atoms with Gasteiger partial charge in [0.1, 0.15) is 0 Å². The van der Waals surface area contributed by atoms with Gasteiger partial charge in [0.2, 0.25) is 0 Å². The molecule has 3 aromatic rings. The number of aliphatic carboxylic acids is 2. The molecule has 5 rings (SSSR count). The van der Waals surface area contributed by atoms with Gasteiger partial charge in [0.05, 0.1) is 35.5 Å². The van der Waals surface area contributed by atoms with E-state index in [9.17, 15) is 30.0 Å². The molecule has 2 aliphatic rings. The molecule has 0 saturated carbocycles. The molecule has 0 amide bonds. The van der Waals surface area contributed by atoms with E-state index in [2.05, 4.69) is 46.4 Å². The number of allylic oxidation sites excluding steroid dienone is 7. The second-order valence-corrected chi connectivity index (χ2v) is 16.4. The van der Waals surface area contributed by atoms with Crippen LogP contribution >= 0.6 is 0 Å². The second kappa shape index (κ2) is 21.6. The summed E-state index contributed by atoms with van der Waals surface area (Å²) in [5.74, 6) is -1.20. The Bertz CT molecular complexity index is 2390. The molecule has 320 valence electrons. The molecular weight excluding hydrogens is 796 g/mol. The number of fused-ring (bicyclic) bond motifs is 8. The maximum Gasteiger partial charge on any atom is 2.00 e. The summed E-state index contributed by atoms with van der Waals surface area (Å²) in [6.07, 6.45) is 12.3. The van der Waals surface area contributed by atoms with Crippen LogP contribution in [0.15, 0.2) is 54.1 Å². The first-order valence-corrected chi connectivity index (χ1v) is 20.9. The van der Waals surface area contributed by atoms with Crippen molar-refractivity contribution in [2.75, 3.05) is 0 Å². The van der Waals surface area contributed by atoms with Crippen molar-refractivity contribution >= 4 is 62.4 Å². The van der Waals surface area contributed by atoms with Crippen LogP contribution in [0.5, 0.6) is 0 Å². The van der Waals surface area contributed by atoms with E-state index >= 15 is 0 Å². The van der Waals surface area contributed by atoms with Crippen LogP contribution in [0.4, 0.5) is 0 Å². The van der Waals surface area contributed by atoms with Crippen molar-refractivity contribution in [1.29, 1.82) is 0 Å². The van der Waals surface area contributed by atoms with Crippen LogP contribution in [0.2, 0.25) is 0 Å². The van der Waals surface area contributed by atoms with Gasteiger partial charge in [-0.25, -0.2) is 9.97 Å². The average Bonchev–Trinajstić information content (AvgIpc) is 3.85. The van der Waals surface area contributed by atoms with E-state index in [1.807, 2.05) is 32.9 Å². The number of hydrogen-bond donors (Lipinski definition) is 4. The predicted molar refractivity (Wildman–Crippen MR) is 238 cm³/mol. The fraction of sp³-hybridized carbons (Fsp3) is 0.429. The van der Waals surface area contributed by atoms with Crippen LogP contribution in [0.3, 0.4) is 0 Å². The zero-order valence-corrected chi connectivity index (χ0v) is 37.2. The number of aromatic nitrogens is 4. The van der Waals surface area contributed by atoms with E-state index in [1.54, 1.807) is 18.2 Å². The number of rotatable bonds is 19. The van der Waals surface area contributed by atoms with Gasteiger partial charge in [-0.2, -0.15) is 0 Å². The van der Waals surface area contributed by atoms with E-state index in [4.69, 9.17) is 19.9 Å². The first-order valence-electron chi connectivity index (χ1n) is 20.9. The van der Waals surface area contributed by atoms with Crippen LogP contribution in [0.1, 0.15) is 151 Å². The Balaban J connectivity index is 0.00000794. The molecule has 10 nitrogen and oxygen atoms in total. The molecule has 4 N–H and O–H groups in total. The summed E-state index contributed by atoms with van der Waals surface area (Å²) in [4.78, 5) is 43.4. The molecule has 0 fully saturated rings. The topological polar surface area (TPSA) is 169 Å². The number of aryl methyl sites for hydroxylation is 2. The zero-order valence-electron chi connectivity index (χ0n) is 36.1. The third kappa shape index (κ3) is 11.7. The second-order valence-electron chi connectivity index (χ2n) is 16.4. The maximum atomic E-state index is 11.9. The molecule has 0 unspecified atom stereocenters. The monoisotopic (exact) mass is 856 g/mol. The Hall–Kier alpha value is -4.80. The van der Waals surface area contributed by atoms with Gasteiger partial charge >= 0.3 is 29.0 Å². The van der Waals surface area contributed by atoms with Crippen molar-refractivity contribution in [2.45, 2.75) is 132 Å². The van der Waals surface area contributed by atoms with Gasteiger partial charge in [-0.3, -0.25) is 9.59 Å². The Morgan fingerprint density at radius 3 is 1.97 bits per heavy atom. The summed E-state index contributed by atoms with van der Waals surface area (Å²) in [7, 11) is 0. The van der Waals surface area contributed by atoms with Crippen LogP contribution in [-0.2, 0) is 39.7 Å². The van der Waals surface area contributed by atoms with Crippen LogP contribution in [0, 0.1) is 12.8 Å². The average molecular weight is 857 g/mol. The fourth-order valence-corrected chi connectivity index (χ4v) is 8.01. The zero-order chi connectivity index (χ0) is 43.0. The minimum Gasteiger partial charge on any atom is -0.657 e. The Morgan fingerprint density at radius 1 is 0.733 bits per heavy atom. The summed E-state index contributed by atoms with van der Waals surface area (Å²) in [5.41, 5.74) is 13.0. The number of carboxylic acid groups (broad SMARTS) is 2. The molecular formula is C49H60FeN4O6. The Morgan fingerprint density at radius 2 is 1.30 bits per heavy atom.